The van der Waals surface area contributed by atoms with E-state index in [0.717, 1.165) is 6.42 Å². The fourth-order valence-corrected chi connectivity index (χ4v) is 3.79. The summed E-state index contributed by atoms with van der Waals surface area (Å²) in [6.45, 7) is 0. The van der Waals surface area contributed by atoms with Crippen molar-refractivity contribution >= 4 is 0 Å². The van der Waals surface area contributed by atoms with Gasteiger partial charge in [-0.1, -0.05) is 91.0 Å². The second-order valence-corrected chi connectivity index (χ2v) is 6.65. The van der Waals surface area contributed by atoms with Gasteiger partial charge >= 0.3 is 0 Å². The molecule has 0 radical (unpaired) electrons. The predicted octanol–water partition coefficient (Wildman–Crippen LogP) is 6.59. The zero-order chi connectivity index (χ0) is 16.6. The lowest BCUT2D eigenvalue weighted by molar-refractivity contribution is 1.26. The molecule has 0 spiro atoms. The highest BCUT2D eigenvalue weighted by Gasteiger charge is 2.18. The van der Waals surface area contributed by atoms with E-state index in [2.05, 4.69) is 97.1 Å². The molecule has 0 atom stereocenters. The van der Waals surface area contributed by atoms with Crippen LogP contribution in [0, 0.1) is 0 Å². The van der Waals surface area contributed by atoms with E-state index in [9.17, 15) is 0 Å². The first-order valence-electron chi connectivity index (χ1n) is 8.75. The highest BCUT2D eigenvalue weighted by molar-refractivity contribution is 5.82. The molecule has 0 fully saturated rings. The van der Waals surface area contributed by atoms with Crippen LogP contribution in [0.2, 0.25) is 0 Å². The summed E-state index contributed by atoms with van der Waals surface area (Å²) in [4.78, 5) is 0. The number of benzene rings is 4. The van der Waals surface area contributed by atoms with E-state index < -0.39 is 0 Å². The van der Waals surface area contributed by atoms with Crippen LogP contribution in [0.4, 0.5) is 0 Å². The van der Waals surface area contributed by atoms with Crippen molar-refractivity contribution in [2.24, 2.45) is 0 Å². The van der Waals surface area contributed by atoms with E-state index in [-0.39, 0.29) is 0 Å². The van der Waals surface area contributed by atoms with E-state index in [1.54, 1.807) is 0 Å². The minimum absolute atomic E-state index is 1.05. The summed E-state index contributed by atoms with van der Waals surface area (Å²) in [6, 6.07) is 35.0. The van der Waals surface area contributed by atoms with Crippen molar-refractivity contribution in [3.8, 4) is 33.4 Å². The SMILES string of the molecule is c1ccc(-c2ccc(-c3ccc4c(c3)-c3ccccc3C4)cc2)cc1. The molecule has 0 N–H and O–H groups in total. The molecule has 4 aromatic carbocycles. The van der Waals surface area contributed by atoms with Crippen LogP contribution in [0.1, 0.15) is 11.1 Å². The lowest BCUT2D eigenvalue weighted by atomic mass is 9.97. The second-order valence-electron chi connectivity index (χ2n) is 6.65. The lowest BCUT2D eigenvalue weighted by Gasteiger charge is -2.08. The minimum Gasteiger partial charge on any atom is -0.0622 e. The van der Waals surface area contributed by atoms with Gasteiger partial charge in [-0.05, 0) is 57.0 Å². The van der Waals surface area contributed by atoms with Crippen molar-refractivity contribution in [3.63, 3.8) is 0 Å². The minimum atomic E-state index is 1.05. The molecule has 0 heterocycles. The van der Waals surface area contributed by atoms with Crippen LogP contribution in [0.15, 0.2) is 97.1 Å². The van der Waals surface area contributed by atoms with Gasteiger partial charge in [0.2, 0.25) is 0 Å². The van der Waals surface area contributed by atoms with Gasteiger partial charge in [0.25, 0.3) is 0 Å². The normalized spacial score (nSPS) is 11.8. The maximum atomic E-state index is 2.35. The maximum Gasteiger partial charge on any atom is -0.00134 e. The van der Waals surface area contributed by atoms with Gasteiger partial charge in [-0.25, -0.2) is 0 Å². The standard InChI is InChI=1S/C25H18/c1-2-6-18(7-3-1)19-10-12-20(13-11-19)21-14-15-23-16-22-8-4-5-9-24(22)25(23)17-21/h1-15,17H,16H2. The maximum absolute atomic E-state index is 2.35. The van der Waals surface area contributed by atoms with E-state index in [1.165, 1.54) is 44.5 Å². The molecule has 0 heteroatoms. The molecule has 0 nitrogen and oxygen atoms in total. The Bertz CT molecular complexity index is 1040. The molecule has 0 aliphatic heterocycles. The summed E-state index contributed by atoms with van der Waals surface area (Å²) in [6.07, 6.45) is 1.05. The Balaban J connectivity index is 1.53. The Hall–Kier alpha value is -3.12. The van der Waals surface area contributed by atoms with E-state index in [0.29, 0.717) is 0 Å². The van der Waals surface area contributed by atoms with Crippen LogP contribution in [0.3, 0.4) is 0 Å². The van der Waals surface area contributed by atoms with Crippen molar-refractivity contribution < 1.29 is 0 Å². The summed E-state index contributed by atoms with van der Waals surface area (Å²) in [5.74, 6) is 0. The molecule has 0 aromatic heterocycles. The Morgan fingerprint density at radius 3 is 1.76 bits per heavy atom. The third-order valence-corrected chi connectivity index (χ3v) is 5.12. The third-order valence-electron chi connectivity index (χ3n) is 5.12. The molecular weight excluding hydrogens is 300 g/mol. The first-order valence-corrected chi connectivity index (χ1v) is 8.75. The van der Waals surface area contributed by atoms with Gasteiger partial charge in [0.1, 0.15) is 0 Å². The molecular formula is C25H18. The molecule has 4 aromatic rings. The monoisotopic (exact) mass is 318 g/mol. The van der Waals surface area contributed by atoms with Gasteiger partial charge in [0, 0.05) is 0 Å². The van der Waals surface area contributed by atoms with Gasteiger partial charge in [0.15, 0.2) is 0 Å². The second kappa shape index (κ2) is 5.75. The molecule has 1 aliphatic carbocycles. The number of rotatable bonds is 2. The van der Waals surface area contributed by atoms with E-state index in [1.807, 2.05) is 0 Å². The Morgan fingerprint density at radius 2 is 0.960 bits per heavy atom. The first kappa shape index (κ1) is 14.2. The topological polar surface area (TPSA) is 0 Å². The van der Waals surface area contributed by atoms with Crippen LogP contribution < -0.4 is 0 Å². The van der Waals surface area contributed by atoms with E-state index in [4.69, 9.17) is 0 Å². The third kappa shape index (κ3) is 2.47. The van der Waals surface area contributed by atoms with Crippen LogP contribution in [0.25, 0.3) is 33.4 Å². The quantitative estimate of drug-likeness (QED) is 0.344. The van der Waals surface area contributed by atoms with Gasteiger partial charge in [-0.3, -0.25) is 0 Å². The summed E-state index contributed by atoms with van der Waals surface area (Å²) in [7, 11) is 0. The average molecular weight is 318 g/mol. The fraction of sp³-hybridized carbons (Fsp3) is 0.0400. The van der Waals surface area contributed by atoms with Crippen molar-refractivity contribution in [3.05, 3.63) is 108 Å². The van der Waals surface area contributed by atoms with Gasteiger partial charge in [0.05, 0.1) is 0 Å². The zero-order valence-electron chi connectivity index (χ0n) is 13.9. The summed E-state index contributed by atoms with van der Waals surface area (Å²) in [5.41, 5.74) is 10.7. The zero-order valence-corrected chi connectivity index (χ0v) is 13.9. The Kier molecular flexibility index (Phi) is 3.28. The number of hydrogen-bond acceptors (Lipinski definition) is 0. The first-order chi connectivity index (χ1) is 12.4. The van der Waals surface area contributed by atoms with Crippen molar-refractivity contribution in [1.82, 2.24) is 0 Å². The largest absolute Gasteiger partial charge is 0.0622 e. The van der Waals surface area contributed by atoms with Gasteiger partial charge < -0.3 is 0 Å². The van der Waals surface area contributed by atoms with Gasteiger partial charge in [-0.15, -0.1) is 0 Å². The van der Waals surface area contributed by atoms with Crippen LogP contribution >= 0.6 is 0 Å². The van der Waals surface area contributed by atoms with Crippen LogP contribution in [-0.2, 0) is 6.42 Å². The molecule has 0 unspecified atom stereocenters. The molecule has 0 amide bonds. The van der Waals surface area contributed by atoms with E-state index >= 15 is 0 Å². The highest BCUT2D eigenvalue weighted by Crippen LogP contribution is 2.38. The number of fused-ring (bicyclic) bond motifs is 3. The summed E-state index contributed by atoms with van der Waals surface area (Å²) in [5, 5.41) is 0. The van der Waals surface area contributed by atoms with Gasteiger partial charge in [-0.2, -0.15) is 0 Å². The summed E-state index contributed by atoms with van der Waals surface area (Å²) >= 11 is 0. The molecule has 118 valence electrons. The molecule has 25 heavy (non-hydrogen) atoms. The molecule has 1 aliphatic rings. The molecule has 0 bridgehead atoms. The smallest absolute Gasteiger partial charge is 0.00134 e. The van der Waals surface area contributed by atoms with Crippen LogP contribution in [0.5, 0.6) is 0 Å². The molecule has 0 saturated carbocycles. The molecule has 5 rings (SSSR count). The summed E-state index contributed by atoms with van der Waals surface area (Å²) < 4.78 is 0. The average Bonchev–Trinajstić information content (AvgIpc) is 3.07. The van der Waals surface area contributed by atoms with Crippen LogP contribution in [-0.4, -0.2) is 0 Å². The van der Waals surface area contributed by atoms with Crippen molar-refractivity contribution in [1.29, 1.82) is 0 Å². The Labute approximate surface area is 148 Å². The van der Waals surface area contributed by atoms with Crippen molar-refractivity contribution in [2.45, 2.75) is 6.42 Å². The number of hydrogen-bond donors (Lipinski definition) is 0. The molecule has 0 saturated heterocycles. The predicted molar refractivity (Wildman–Crippen MR) is 106 cm³/mol. The lowest BCUT2D eigenvalue weighted by Crippen LogP contribution is -1.84. The highest BCUT2D eigenvalue weighted by atomic mass is 14.2. The fourth-order valence-electron chi connectivity index (χ4n) is 3.79. The Morgan fingerprint density at radius 1 is 0.400 bits per heavy atom. The van der Waals surface area contributed by atoms with Crippen molar-refractivity contribution in [2.75, 3.05) is 0 Å².